The van der Waals surface area contributed by atoms with Crippen molar-refractivity contribution < 1.29 is 14.0 Å². The molecule has 2 heterocycles. The summed E-state index contributed by atoms with van der Waals surface area (Å²) in [6, 6.07) is 4.44. The van der Waals surface area contributed by atoms with Crippen LogP contribution in [-0.4, -0.2) is 55.4 Å². The van der Waals surface area contributed by atoms with E-state index < -0.39 is 0 Å². The van der Waals surface area contributed by atoms with Crippen LogP contribution in [-0.2, 0) is 4.79 Å². The summed E-state index contributed by atoms with van der Waals surface area (Å²) < 4.78 is 14.0. The number of hydrogen-bond donors (Lipinski definition) is 2. The van der Waals surface area contributed by atoms with Gasteiger partial charge in [-0.2, -0.15) is 0 Å². The van der Waals surface area contributed by atoms with E-state index in [2.05, 4.69) is 15.2 Å². The highest BCUT2D eigenvalue weighted by Gasteiger charge is 2.33. The second-order valence-electron chi connectivity index (χ2n) is 7.86. The minimum atomic E-state index is -0.384. The van der Waals surface area contributed by atoms with Crippen molar-refractivity contribution in [3.63, 3.8) is 0 Å². The number of anilines is 1. The van der Waals surface area contributed by atoms with E-state index in [0.717, 1.165) is 29.9 Å². The minimum absolute atomic E-state index is 0. The maximum Gasteiger partial charge on any atom is 0.259 e. The number of nitrogens with one attached hydrogen (secondary N) is 2. The molecule has 0 spiro atoms. The van der Waals surface area contributed by atoms with Gasteiger partial charge >= 0.3 is 0 Å². The van der Waals surface area contributed by atoms with Gasteiger partial charge < -0.3 is 20.1 Å². The summed E-state index contributed by atoms with van der Waals surface area (Å²) >= 11 is 0. The highest BCUT2D eigenvalue weighted by molar-refractivity contribution is 6.35. The first-order chi connectivity index (χ1) is 14.2. The Kier molecular flexibility index (Phi) is 8.03. The average Bonchev–Trinajstić information content (AvgIpc) is 3.09. The first-order valence-electron chi connectivity index (χ1n) is 10.2. The van der Waals surface area contributed by atoms with E-state index in [9.17, 15) is 14.0 Å². The summed E-state index contributed by atoms with van der Waals surface area (Å²) in [7, 11) is 3.98. The van der Waals surface area contributed by atoms with E-state index in [-0.39, 0.29) is 30.0 Å². The Morgan fingerprint density at radius 3 is 2.65 bits per heavy atom. The van der Waals surface area contributed by atoms with Crippen LogP contribution in [0.3, 0.4) is 0 Å². The summed E-state index contributed by atoms with van der Waals surface area (Å²) in [5.74, 6) is -0.687. The van der Waals surface area contributed by atoms with Crippen molar-refractivity contribution in [1.29, 1.82) is 0 Å². The first-order valence-corrected chi connectivity index (χ1v) is 10.2. The second kappa shape index (κ2) is 10.1. The number of aromatic nitrogens is 1. The van der Waals surface area contributed by atoms with Gasteiger partial charge in [-0.05, 0) is 77.7 Å². The molecule has 2 N–H and O–H groups in total. The summed E-state index contributed by atoms with van der Waals surface area (Å²) in [5.41, 5.74) is 4.49. The molecule has 1 aliphatic heterocycles. The number of carbonyl (C=O) groups is 2. The molecule has 1 aliphatic rings. The van der Waals surface area contributed by atoms with Crippen LogP contribution in [0, 0.1) is 19.7 Å². The Hall–Kier alpha value is -2.64. The highest BCUT2D eigenvalue weighted by Crippen LogP contribution is 2.38. The zero-order valence-corrected chi connectivity index (χ0v) is 19.5. The zero-order chi connectivity index (χ0) is 22.0. The van der Waals surface area contributed by atoms with E-state index in [0.29, 0.717) is 35.5 Å². The Balaban J connectivity index is 0.00000341. The van der Waals surface area contributed by atoms with Crippen LogP contribution in [0.25, 0.3) is 11.6 Å². The van der Waals surface area contributed by atoms with Crippen LogP contribution in [0.15, 0.2) is 18.2 Å². The van der Waals surface area contributed by atoms with E-state index >= 15 is 0 Å². The molecule has 0 aliphatic carbocycles. The lowest BCUT2D eigenvalue weighted by Gasteiger charge is -2.18. The molecular formula is C23H30ClFN4O2. The lowest BCUT2D eigenvalue weighted by molar-refractivity contribution is -0.113. The fourth-order valence-corrected chi connectivity index (χ4v) is 3.89. The third-order valence-electron chi connectivity index (χ3n) is 5.33. The van der Waals surface area contributed by atoms with E-state index in [1.54, 1.807) is 17.0 Å². The highest BCUT2D eigenvalue weighted by atomic mass is 35.5. The van der Waals surface area contributed by atoms with Gasteiger partial charge in [-0.1, -0.05) is 0 Å². The fourth-order valence-electron chi connectivity index (χ4n) is 3.89. The molecule has 1 aromatic heterocycles. The SMILES string of the molecule is CCNC(=O)c1c(C)[nH]c(/C=C2\C(=O)N(CCCN(C)C)c3ccc(F)cc32)c1C.Cl. The molecule has 31 heavy (non-hydrogen) atoms. The number of aryl methyl sites for hydroxylation is 1. The molecule has 3 rings (SSSR count). The van der Waals surface area contributed by atoms with Crippen molar-refractivity contribution in [1.82, 2.24) is 15.2 Å². The van der Waals surface area contributed by atoms with Crippen LogP contribution in [0.4, 0.5) is 10.1 Å². The van der Waals surface area contributed by atoms with E-state index in [4.69, 9.17) is 0 Å². The predicted octanol–water partition coefficient (Wildman–Crippen LogP) is 3.78. The number of amides is 2. The summed E-state index contributed by atoms with van der Waals surface area (Å²) in [6.07, 6.45) is 2.54. The van der Waals surface area contributed by atoms with Crippen LogP contribution in [0.5, 0.6) is 0 Å². The van der Waals surface area contributed by atoms with Crippen molar-refractivity contribution in [2.75, 3.05) is 38.6 Å². The standard InChI is InChI=1S/C23H29FN4O2.ClH/c1-6-25-22(29)21-14(2)19(26-15(21)3)13-18-17-12-16(24)8-9-20(17)28(23(18)30)11-7-10-27(4)5;/h8-9,12-13,26H,6-7,10-11H2,1-5H3,(H,25,29);1H/b18-13-;. The fraction of sp³-hybridized carbons (Fsp3) is 0.391. The van der Waals surface area contributed by atoms with Gasteiger partial charge in [0.15, 0.2) is 0 Å². The Morgan fingerprint density at radius 2 is 2.00 bits per heavy atom. The van der Waals surface area contributed by atoms with Gasteiger partial charge in [0.25, 0.3) is 11.8 Å². The van der Waals surface area contributed by atoms with Gasteiger partial charge in [0, 0.05) is 30.0 Å². The van der Waals surface area contributed by atoms with Crippen LogP contribution in [0.2, 0.25) is 0 Å². The smallest absolute Gasteiger partial charge is 0.259 e. The largest absolute Gasteiger partial charge is 0.358 e. The lowest BCUT2D eigenvalue weighted by Crippen LogP contribution is -2.29. The topological polar surface area (TPSA) is 68.4 Å². The number of aromatic amines is 1. The van der Waals surface area contributed by atoms with Gasteiger partial charge in [-0.25, -0.2) is 4.39 Å². The molecule has 0 unspecified atom stereocenters. The number of halogens is 2. The number of H-pyrrole nitrogens is 1. The van der Waals surface area contributed by atoms with Crippen LogP contribution < -0.4 is 10.2 Å². The number of benzene rings is 1. The van der Waals surface area contributed by atoms with Gasteiger partial charge in [0.1, 0.15) is 5.82 Å². The Labute approximate surface area is 188 Å². The van der Waals surface area contributed by atoms with Crippen molar-refractivity contribution in [2.24, 2.45) is 0 Å². The molecule has 8 heteroatoms. The van der Waals surface area contributed by atoms with Gasteiger partial charge in [0.05, 0.1) is 16.8 Å². The van der Waals surface area contributed by atoms with E-state index in [1.807, 2.05) is 34.9 Å². The van der Waals surface area contributed by atoms with Crippen LogP contribution >= 0.6 is 12.4 Å². The maximum atomic E-state index is 14.0. The minimum Gasteiger partial charge on any atom is -0.358 e. The molecule has 168 valence electrons. The van der Waals surface area contributed by atoms with Crippen molar-refractivity contribution in [3.05, 3.63) is 52.1 Å². The number of carbonyl (C=O) groups excluding carboxylic acids is 2. The molecule has 2 amide bonds. The van der Waals surface area contributed by atoms with E-state index in [1.165, 1.54) is 12.1 Å². The summed E-state index contributed by atoms with van der Waals surface area (Å²) in [4.78, 5) is 32.6. The molecule has 0 atom stereocenters. The maximum absolute atomic E-state index is 14.0. The summed E-state index contributed by atoms with van der Waals surface area (Å²) in [6.45, 7) is 7.49. The number of nitrogens with zero attached hydrogens (tertiary/aromatic N) is 2. The number of rotatable bonds is 7. The van der Waals surface area contributed by atoms with Gasteiger partial charge in [0.2, 0.25) is 0 Å². The number of hydrogen-bond acceptors (Lipinski definition) is 3. The van der Waals surface area contributed by atoms with Gasteiger partial charge in [-0.15, -0.1) is 12.4 Å². The van der Waals surface area contributed by atoms with Crippen molar-refractivity contribution >= 4 is 41.6 Å². The zero-order valence-electron chi connectivity index (χ0n) is 18.6. The van der Waals surface area contributed by atoms with Gasteiger partial charge in [-0.3, -0.25) is 9.59 Å². The number of fused-ring (bicyclic) bond motifs is 1. The molecule has 0 radical (unpaired) electrons. The summed E-state index contributed by atoms with van der Waals surface area (Å²) in [5, 5.41) is 2.81. The third-order valence-corrected chi connectivity index (χ3v) is 5.33. The normalized spacial score (nSPS) is 14.2. The Morgan fingerprint density at radius 1 is 1.29 bits per heavy atom. The molecule has 2 aromatic rings. The quantitative estimate of drug-likeness (QED) is 0.633. The molecule has 0 saturated carbocycles. The molecule has 0 fully saturated rings. The predicted molar refractivity (Wildman–Crippen MR) is 125 cm³/mol. The Bertz CT molecular complexity index is 1010. The average molecular weight is 449 g/mol. The monoisotopic (exact) mass is 448 g/mol. The van der Waals surface area contributed by atoms with Crippen molar-refractivity contribution in [3.8, 4) is 0 Å². The lowest BCUT2D eigenvalue weighted by atomic mass is 10.0. The molecule has 0 saturated heterocycles. The first kappa shape index (κ1) is 24.6. The molecule has 6 nitrogen and oxygen atoms in total. The van der Waals surface area contributed by atoms with Crippen LogP contribution in [0.1, 0.15) is 46.2 Å². The van der Waals surface area contributed by atoms with Crippen molar-refractivity contribution in [2.45, 2.75) is 27.2 Å². The molecule has 0 bridgehead atoms. The molecular weight excluding hydrogens is 419 g/mol. The third kappa shape index (κ3) is 4.99. The molecule has 1 aromatic carbocycles. The second-order valence-corrected chi connectivity index (χ2v) is 7.86.